The Kier molecular flexibility index (Phi) is 6.09. The molecule has 0 aromatic heterocycles. The Hall–Kier alpha value is -2.21. The van der Waals surface area contributed by atoms with Crippen LogP contribution >= 0.6 is 15.9 Å². The lowest BCUT2D eigenvalue weighted by molar-refractivity contribution is -0.124. The largest absolute Gasteiger partial charge is 0.452 e. The van der Waals surface area contributed by atoms with Gasteiger partial charge in [0, 0.05) is 4.47 Å². The number of aryl methyl sites for hydroxylation is 1. The van der Waals surface area contributed by atoms with Gasteiger partial charge in [-0.1, -0.05) is 34.1 Å². The average Bonchev–Trinajstić information content (AvgIpc) is 2.55. The second-order valence-corrected chi connectivity index (χ2v) is 6.30. The molecule has 4 nitrogen and oxygen atoms in total. The molecule has 0 fully saturated rings. The van der Waals surface area contributed by atoms with E-state index in [1.165, 1.54) is 12.1 Å². The van der Waals surface area contributed by atoms with Gasteiger partial charge in [0.1, 0.15) is 5.82 Å². The number of ether oxygens (including phenoxy) is 1. The number of halogens is 2. The predicted molar refractivity (Wildman–Crippen MR) is 92.1 cm³/mol. The summed E-state index contributed by atoms with van der Waals surface area (Å²) in [5.74, 6) is -1.65. The monoisotopic (exact) mass is 393 g/mol. The zero-order valence-electron chi connectivity index (χ0n) is 13.3. The molecular weight excluding hydrogens is 377 g/mol. The minimum atomic E-state index is -0.736. The van der Waals surface area contributed by atoms with E-state index in [9.17, 15) is 14.0 Å². The summed E-state index contributed by atoms with van der Waals surface area (Å²) in [5.41, 5.74) is 1.44. The highest BCUT2D eigenvalue weighted by molar-refractivity contribution is 9.10. The molecular formula is C18H17BrFNO3. The molecule has 24 heavy (non-hydrogen) atoms. The summed E-state index contributed by atoms with van der Waals surface area (Å²) in [4.78, 5) is 23.7. The van der Waals surface area contributed by atoms with Crippen molar-refractivity contribution in [1.29, 1.82) is 0 Å². The van der Waals surface area contributed by atoms with Gasteiger partial charge in [-0.05, 0) is 49.2 Å². The second kappa shape index (κ2) is 8.06. The van der Waals surface area contributed by atoms with Crippen molar-refractivity contribution in [2.75, 3.05) is 6.61 Å². The third kappa shape index (κ3) is 4.89. The van der Waals surface area contributed by atoms with Gasteiger partial charge in [0.2, 0.25) is 0 Å². The standard InChI is InChI=1S/C18H17BrFNO3/c1-11-3-4-14(9-16(11)20)18(23)24-10-17(22)21-12(2)13-5-7-15(19)8-6-13/h3-9,12H,10H2,1-2H3,(H,21,22)/t12-/m1/s1. The van der Waals surface area contributed by atoms with Crippen LogP contribution in [0.25, 0.3) is 0 Å². The molecule has 2 rings (SSSR count). The molecule has 0 radical (unpaired) electrons. The molecule has 126 valence electrons. The zero-order chi connectivity index (χ0) is 17.7. The first-order valence-electron chi connectivity index (χ1n) is 7.35. The van der Waals surface area contributed by atoms with Gasteiger partial charge < -0.3 is 10.1 Å². The smallest absolute Gasteiger partial charge is 0.338 e. The van der Waals surface area contributed by atoms with Crippen LogP contribution in [0.15, 0.2) is 46.9 Å². The predicted octanol–water partition coefficient (Wildman–Crippen LogP) is 3.93. The fourth-order valence-corrected chi connectivity index (χ4v) is 2.32. The van der Waals surface area contributed by atoms with Crippen LogP contribution in [0, 0.1) is 12.7 Å². The van der Waals surface area contributed by atoms with E-state index in [1.807, 2.05) is 31.2 Å². The van der Waals surface area contributed by atoms with E-state index in [4.69, 9.17) is 4.74 Å². The average molecular weight is 394 g/mol. The first-order chi connectivity index (χ1) is 11.4. The summed E-state index contributed by atoms with van der Waals surface area (Å²) in [6, 6.07) is 11.4. The van der Waals surface area contributed by atoms with Crippen LogP contribution in [0.3, 0.4) is 0 Å². The first-order valence-corrected chi connectivity index (χ1v) is 8.14. The number of rotatable bonds is 5. The number of hydrogen-bond donors (Lipinski definition) is 1. The molecule has 1 atom stereocenters. The lowest BCUT2D eigenvalue weighted by atomic mass is 10.1. The minimum absolute atomic E-state index is 0.0758. The van der Waals surface area contributed by atoms with Crippen LogP contribution in [0.1, 0.15) is 34.5 Å². The van der Waals surface area contributed by atoms with E-state index in [0.29, 0.717) is 5.56 Å². The molecule has 0 aliphatic heterocycles. The topological polar surface area (TPSA) is 55.4 Å². The molecule has 0 aliphatic rings. The fourth-order valence-electron chi connectivity index (χ4n) is 2.05. The molecule has 0 saturated carbocycles. The van der Waals surface area contributed by atoms with Gasteiger partial charge in [-0.3, -0.25) is 4.79 Å². The first kappa shape index (κ1) is 18.1. The van der Waals surface area contributed by atoms with E-state index >= 15 is 0 Å². The zero-order valence-corrected chi connectivity index (χ0v) is 14.9. The SMILES string of the molecule is Cc1ccc(C(=O)OCC(=O)N[C@H](C)c2ccc(Br)cc2)cc1F. The molecule has 0 unspecified atom stereocenters. The van der Waals surface area contributed by atoms with Crippen molar-refractivity contribution in [1.82, 2.24) is 5.32 Å². The van der Waals surface area contributed by atoms with Gasteiger partial charge >= 0.3 is 5.97 Å². The number of carbonyl (C=O) groups excluding carboxylic acids is 2. The Morgan fingerprint density at radius 3 is 2.50 bits per heavy atom. The molecule has 2 aromatic rings. The van der Waals surface area contributed by atoms with Crippen molar-refractivity contribution in [2.24, 2.45) is 0 Å². The normalized spacial score (nSPS) is 11.7. The van der Waals surface area contributed by atoms with Crippen molar-refractivity contribution in [3.8, 4) is 0 Å². The Balaban J connectivity index is 1.87. The summed E-state index contributed by atoms with van der Waals surface area (Å²) in [5, 5.41) is 2.74. The summed E-state index contributed by atoms with van der Waals surface area (Å²) < 4.78 is 19.3. The quantitative estimate of drug-likeness (QED) is 0.782. The number of carbonyl (C=O) groups is 2. The van der Waals surface area contributed by atoms with Crippen LogP contribution in [0.2, 0.25) is 0 Å². The van der Waals surface area contributed by atoms with E-state index in [-0.39, 0.29) is 11.6 Å². The van der Waals surface area contributed by atoms with Crippen LogP contribution in [-0.4, -0.2) is 18.5 Å². The van der Waals surface area contributed by atoms with Crippen molar-refractivity contribution >= 4 is 27.8 Å². The fraction of sp³-hybridized carbons (Fsp3) is 0.222. The van der Waals surface area contributed by atoms with Gasteiger partial charge in [0.15, 0.2) is 6.61 Å². The lowest BCUT2D eigenvalue weighted by Gasteiger charge is -2.14. The molecule has 1 N–H and O–H groups in total. The molecule has 0 spiro atoms. The summed E-state index contributed by atoms with van der Waals surface area (Å²) in [6.07, 6.45) is 0. The maximum absolute atomic E-state index is 13.4. The van der Waals surface area contributed by atoms with Crippen LogP contribution in [-0.2, 0) is 9.53 Å². The molecule has 6 heteroatoms. The van der Waals surface area contributed by atoms with Crippen LogP contribution in [0.5, 0.6) is 0 Å². The van der Waals surface area contributed by atoms with E-state index in [0.717, 1.165) is 16.1 Å². The third-order valence-corrected chi connectivity index (χ3v) is 4.02. The second-order valence-electron chi connectivity index (χ2n) is 5.38. The number of benzene rings is 2. The molecule has 0 bridgehead atoms. The highest BCUT2D eigenvalue weighted by atomic mass is 79.9. The van der Waals surface area contributed by atoms with E-state index in [1.54, 1.807) is 6.92 Å². The van der Waals surface area contributed by atoms with Crippen molar-refractivity contribution < 1.29 is 18.7 Å². The maximum atomic E-state index is 13.4. The number of esters is 1. The van der Waals surface area contributed by atoms with Crippen LogP contribution in [0.4, 0.5) is 4.39 Å². The van der Waals surface area contributed by atoms with Gasteiger partial charge in [-0.25, -0.2) is 9.18 Å². The van der Waals surface area contributed by atoms with Crippen molar-refractivity contribution in [3.63, 3.8) is 0 Å². The molecule has 0 aliphatic carbocycles. The molecule has 0 heterocycles. The Labute approximate surface area is 148 Å². The lowest BCUT2D eigenvalue weighted by Crippen LogP contribution is -2.31. The molecule has 0 saturated heterocycles. The number of hydrogen-bond acceptors (Lipinski definition) is 3. The Morgan fingerprint density at radius 2 is 1.88 bits per heavy atom. The maximum Gasteiger partial charge on any atom is 0.338 e. The molecule has 2 aromatic carbocycles. The Bertz CT molecular complexity index is 746. The van der Waals surface area contributed by atoms with Gasteiger partial charge in [-0.15, -0.1) is 0 Å². The minimum Gasteiger partial charge on any atom is -0.452 e. The number of nitrogens with one attached hydrogen (secondary N) is 1. The van der Waals surface area contributed by atoms with Crippen LogP contribution < -0.4 is 5.32 Å². The summed E-state index contributed by atoms with van der Waals surface area (Å²) in [7, 11) is 0. The third-order valence-electron chi connectivity index (χ3n) is 3.49. The van der Waals surface area contributed by atoms with Gasteiger partial charge in [0.25, 0.3) is 5.91 Å². The summed E-state index contributed by atoms with van der Waals surface area (Å²) in [6.45, 7) is 3.01. The van der Waals surface area contributed by atoms with Gasteiger partial charge in [0.05, 0.1) is 11.6 Å². The van der Waals surface area contributed by atoms with E-state index < -0.39 is 24.3 Å². The Morgan fingerprint density at radius 1 is 1.21 bits per heavy atom. The highest BCUT2D eigenvalue weighted by Gasteiger charge is 2.14. The van der Waals surface area contributed by atoms with Gasteiger partial charge in [-0.2, -0.15) is 0 Å². The molecule has 1 amide bonds. The summed E-state index contributed by atoms with van der Waals surface area (Å²) >= 11 is 3.35. The highest BCUT2D eigenvalue weighted by Crippen LogP contribution is 2.16. The van der Waals surface area contributed by atoms with Crippen molar-refractivity contribution in [3.05, 3.63) is 69.4 Å². The number of amides is 1. The van der Waals surface area contributed by atoms with E-state index in [2.05, 4.69) is 21.2 Å². The van der Waals surface area contributed by atoms with Crippen molar-refractivity contribution in [2.45, 2.75) is 19.9 Å².